The highest BCUT2D eigenvalue weighted by Crippen LogP contribution is 2.29. The van der Waals surface area contributed by atoms with E-state index in [0.717, 1.165) is 11.8 Å². The maximum atomic E-state index is 13.3. The molecule has 0 bridgehead atoms. The van der Waals surface area contributed by atoms with Gasteiger partial charge in [-0.15, -0.1) is 0 Å². The lowest BCUT2D eigenvalue weighted by Crippen LogP contribution is -1.92. The molecule has 4 heteroatoms. The van der Waals surface area contributed by atoms with Crippen LogP contribution in [0.15, 0.2) is 12.1 Å². The Kier molecular flexibility index (Phi) is 2.00. The fourth-order valence-corrected chi connectivity index (χ4v) is 1.88. The average Bonchev–Trinajstić information content (AvgIpc) is 2.40. The van der Waals surface area contributed by atoms with Crippen LogP contribution in [0.5, 0.6) is 0 Å². The third-order valence-corrected chi connectivity index (χ3v) is 2.69. The predicted octanol–water partition coefficient (Wildman–Crippen LogP) is 3.42. The highest BCUT2D eigenvalue weighted by atomic mass is 35.5. The van der Waals surface area contributed by atoms with Gasteiger partial charge in [-0.05, 0) is 19.1 Å². The summed E-state index contributed by atoms with van der Waals surface area (Å²) in [6, 6.07) is 2.58. The summed E-state index contributed by atoms with van der Waals surface area (Å²) in [5.74, 6) is -1.75. The van der Waals surface area contributed by atoms with Crippen LogP contribution in [0.3, 0.4) is 0 Å². The predicted molar refractivity (Wildman–Crippen MR) is 52.6 cm³/mol. The zero-order valence-corrected chi connectivity index (χ0v) is 8.49. The summed E-state index contributed by atoms with van der Waals surface area (Å²) in [5, 5.41) is 0.463. The number of aromatic nitrogens is 1. The third-order valence-electron chi connectivity index (χ3n) is 2.40. The Morgan fingerprint density at radius 2 is 1.93 bits per heavy atom. The number of aryl methyl sites for hydroxylation is 2. The number of hydrogen-bond acceptors (Lipinski definition) is 0. The second-order valence-electron chi connectivity index (χ2n) is 3.26. The van der Waals surface area contributed by atoms with Crippen LogP contribution in [0.2, 0.25) is 5.02 Å². The Morgan fingerprint density at radius 3 is 2.57 bits per heavy atom. The molecule has 0 fully saturated rings. The molecule has 1 nitrogen and oxygen atoms in total. The number of fused-ring (bicyclic) bond motifs is 1. The van der Waals surface area contributed by atoms with Gasteiger partial charge in [0.15, 0.2) is 11.6 Å². The van der Waals surface area contributed by atoms with Crippen molar-refractivity contribution in [3.05, 3.63) is 34.5 Å². The molecule has 1 aromatic heterocycles. The van der Waals surface area contributed by atoms with Crippen LogP contribution >= 0.6 is 11.6 Å². The summed E-state index contributed by atoms with van der Waals surface area (Å²) < 4.78 is 28.0. The molecule has 0 N–H and O–H groups in total. The minimum absolute atomic E-state index is 0.231. The van der Waals surface area contributed by atoms with E-state index in [1.165, 1.54) is 0 Å². The Balaban J connectivity index is 3.02. The SMILES string of the molecule is Cc1cc2c(F)c(F)cc(Cl)c2n1C. The van der Waals surface area contributed by atoms with Crippen molar-refractivity contribution in [2.75, 3.05) is 0 Å². The molecule has 0 aliphatic heterocycles. The van der Waals surface area contributed by atoms with Crippen LogP contribution in [0, 0.1) is 18.6 Å². The quantitative estimate of drug-likeness (QED) is 0.594. The van der Waals surface area contributed by atoms with Gasteiger partial charge in [-0.25, -0.2) is 8.78 Å². The second-order valence-corrected chi connectivity index (χ2v) is 3.67. The van der Waals surface area contributed by atoms with Crippen molar-refractivity contribution in [2.24, 2.45) is 7.05 Å². The summed E-state index contributed by atoms with van der Waals surface area (Å²) in [6.45, 7) is 1.81. The van der Waals surface area contributed by atoms with Crippen molar-refractivity contribution in [3.63, 3.8) is 0 Å². The largest absolute Gasteiger partial charge is 0.347 e. The summed E-state index contributed by atoms with van der Waals surface area (Å²) in [5.41, 5.74) is 1.37. The van der Waals surface area contributed by atoms with E-state index in [4.69, 9.17) is 11.6 Å². The molecule has 0 aliphatic rings. The number of benzene rings is 1. The fourth-order valence-electron chi connectivity index (χ4n) is 1.56. The van der Waals surface area contributed by atoms with Crippen molar-refractivity contribution in [3.8, 4) is 0 Å². The molecule has 2 rings (SSSR count). The minimum atomic E-state index is -0.909. The van der Waals surface area contributed by atoms with E-state index in [9.17, 15) is 8.78 Å². The molecule has 0 saturated heterocycles. The molecular formula is C10H8ClF2N. The summed E-state index contributed by atoms with van der Waals surface area (Å²) in [6.07, 6.45) is 0. The molecule has 0 atom stereocenters. The highest BCUT2D eigenvalue weighted by molar-refractivity contribution is 6.35. The van der Waals surface area contributed by atoms with Gasteiger partial charge in [-0.3, -0.25) is 0 Å². The lowest BCUT2D eigenvalue weighted by Gasteiger charge is -2.02. The van der Waals surface area contributed by atoms with Crippen LogP contribution in [-0.4, -0.2) is 4.57 Å². The van der Waals surface area contributed by atoms with E-state index in [0.29, 0.717) is 5.52 Å². The van der Waals surface area contributed by atoms with Gasteiger partial charge in [-0.1, -0.05) is 11.6 Å². The van der Waals surface area contributed by atoms with E-state index >= 15 is 0 Å². The third kappa shape index (κ3) is 1.12. The number of rotatable bonds is 0. The van der Waals surface area contributed by atoms with Gasteiger partial charge in [0.1, 0.15) is 0 Å². The fraction of sp³-hybridized carbons (Fsp3) is 0.200. The molecule has 0 unspecified atom stereocenters. The maximum Gasteiger partial charge on any atom is 0.168 e. The summed E-state index contributed by atoms with van der Waals surface area (Å²) in [4.78, 5) is 0. The first kappa shape index (κ1) is 9.46. The van der Waals surface area contributed by atoms with Crippen LogP contribution in [0.25, 0.3) is 10.9 Å². The van der Waals surface area contributed by atoms with Gasteiger partial charge >= 0.3 is 0 Å². The van der Waals surface area contributed by atoms with Crippen molar-refractivity contribution >= 4 is 22.5 Å². The van der Waals surface area contributed by atoms with Gasteiger partial charge < -0.3 is 4.57 Å². The summed E-state index contributed by atoms with van der Waals surface area (Å²) >= 11 is 5.83. The molecule has 14 heavy (non-hydrogen) atoms. The molecule has 0 amide bonds. The number of nitrogens with zero attached hydrogens (tertiary/aromatic N) is 1. The van der Waals surface area contributed by atoms with Gasteiger partial charge in [0, 0.05) is 18.1 Å². The zero-order valence-electron chi connectivity index (χ0n) is 7.74. The maximum absolute atomic E-state index is 13.3. The molecule has 0 saturated carbocycles. The minimum Gasteiger partial charge on any atom is -0.347 e. The molecule has 0 aliphatic carbocycles. The normalized spacial score (nSPS) is 11.2. The summed E-state index contributed by atoms with van der Waals surface area (Å²) in [7, 11) is 1.76. The smallest absolute Gasteiger partial charge is 0.168 e. The molecule has 0 radical (unpaired) electrons. The zero-order chi connectivity index (χ0) is 10.5. The van der Waals surface area contributed by atoms with Crippen LogP contribution in [-0.2, 0) is 7.05 Å². The lowest BCUT2D eigenvalue weighted by atomic mass is 10.2. The number of hydrogen-bond donors (Lipinski definition) is 0. The second kappa shape index (κ2) is 2.95. The first-order valence-corrected chi connectivity index (χ1v) is 4.49. The standard InChI is InChI=1S/C10H8ClF2N/c1-5-3-6-9(13)8(12)4-7(11)10(6)14(5)2/h3-4H,1-2H3. The highest BCUT2D eigenvalue weighted by Gasteiger charge is 2.14. The molecular weight excluding hydrogens is 208 g/mol. The Bertz CT molecular complexity index is 517. The molecule has 0 spiro atoms. The monoisotopic (exact) mass is 215 g/mol. The Morgan fingerprint density at radius 1 is 1.29 bits per heavy atom. The lowest BCUT2D eigenvalue weighted by molar-refractivity contribution is 0.517. The van der Waals surface area contributed by atoms with E-state index in [2.05, 4.69) is 0 Å². The van der Waals surface area contributed by atoms with E-state index in [-0.39, 0.29) is 10.4 Å². The van der Waals surface area contributed by atoms with Gasteiger partial charge in [-0.2, -0.15) is 0 Å². The van der Waals surface area contributed by atoms with Crippen molar-refractivity contribution in [2.45, 2.75) is 6.92 Å². The van der Waals surface area contributed by atoms with Crippen LogP contribution in [0.4, 0.5) is 8.78 Å². The first-order chi connectivity index (χ1) is 6.52. The van der Waals surface area contributed by atoms with Crippen LogP contribution < -0.4 is 0 Å². The molecule has 74 valence electrons. The van der Waals surface area contributed by atoms with Gasteiger partial charge in [0.05, 0.1) is 10.5 Å². The van der Waals surface area contributed by atoms with Crippen molar-refractivity contribution in [1.29, 1.82) is 0 Å². The molecule has 1 heterocycles. The topological polar surface area (TPSA) is 4.93 Å². The van der Waals surface area contributed by atoms with Gasteiger partial charge in [0.2, 0.25) is 0 Å². The number of halogens is 3. The Labute approximate surface area is 84.9 Å². The Hall–Kier alpha value is -1.09. The molecule has 1 aromatic carbocycles. The van der Waals surface area contributed by atoms with E-state index in [1.807, 2.05) is 6.92 Å². The first-order valence-electron chi connectivity index (χ1n) is 4.12. The average molecular weight is 216 g/mol. The van der Waals surface area contributed by atoms with E-state index < -0.39 is 11.6 Å². The van der Waals surface area contributed by atoms with Crippen LogP contribution in [0.1, 0.15) is 5.69 Å². The van der Waals surface area contributed by atoms with Crippen molar-refractivity contribution in [1.82, 2.24) is 4.57 Å². The van der Waals surface area contributed by atoms with E-state index in [1.54, 1.807) is 17.7 Å². The van der Waals surface area contributed by atoms with Gasteiger partial charge in [0.25, 0.3) is 0 Å². The van der Waals surface area contributed by atoms with Crippen molar-refractivity contribution < 1.29 is 8.78 Å². The molecule has 2 aromatic rings.